The maximum absolute atomic E-state index is 6.66. The molecule has 0 saturated carbocycles. The molecule has 0 aliphatic carbocycles. The van der Waals surface area contributed by atoms with E-state index in [1.807, 2.05) is 0 Å². The molecule has 0 bridgehead atoms. The zero-order chi connectivity index (χ0) is 42.6. The van der Waals surface area contributed by atoms with Crippen LogP contribution in [0.4, 0.5) is 0 Å². The highest BCUT2D eigenvalue weighted by atomic mass is 28.3. The summed E-state index contributed by atoms with van der Waals surface area (Å²) in [6.07, 6.45) is 0. The largest absolute Gasteiger partial charge is 0.456 e. The lowest BCUT2D eigenvalue weighted by atomic mass is 10.0. The molecule has 0 aliphatic heterocycles. The topological polar surface area (TPSA) is 52.6 Å². The molecule has 0 unspecified atom stereocenters. The summed E-state index contributed by atoms with van der Waals surface area (Å²) in [6, 6.07) is 78.5. The van der Waals surface area contributed by atoms with Gasteiger partial charge in [0.1, 0.15) is 44.7 Å². The first-order valence-electron chi connectivity index (χ1n) is 22.0. The molecule has 0 N–H and O–H groups in total. The van der Waals surface area contributed by atoms with E-state index in [4.69, 9.17) is 17.7 Å². The Kier molecular flexibility index (Phi) is 7.68. The van der Waals surface area contributed by atoms with Gasteiger partial charge >= 0.3 is 0 Å². The summed E-state index contributed by atoms with van der Waals surface area (Å²) < 4.78 is 26.2. The summed E-state index contributed by atoms with van der Waals surface area (Å²) in [5, 5.41) is 13.7. The third-order valence-corrected chi connectivity index (χ3v) is 18.4. The average Bonchev–Trinajstić information content (AvgIpc) is 4.12. The van der Waals surface area contributed by atoms with E-state index in [0.29, 0.717) is 0 Å². The first kappa shape index (κ1) is 36.1. The van der Waals surface area contributed by atoms with Crippen molar-refractivity contribution in [2.75, 3.05) is 0 Å². The van der Waals surface area contributed by atoms with Gasteiger partial charge in [-0.2, -0.15) is 0 Å². The molecule has 0 amide bonds. The maximum atomic E-state index is 6.66. The summed E-state index contributed by atoms with van der Waals surface area (Å²) in [6.45, 7) is 0. The molecule has 304 valence electrons. The third kappa shape index (κ3) is 5.43. The molecule has 14 rings (SSSR count). The molecule has 65 heavy (non-hydrogen) atoms. The van der Waals surface area contributed by atoms with Gasteiger partial charge in [-0.3, -0.25) is 0 Å². The average molecular weight is 849 g/mol. The van der Waals surface area contributed by atoms with Crippen LogP contribution in [0.2, 0.25) is 0 Å². The van der Waals surface area contributed by atoms with E-state index in [9.17, 15) is 0 Å². The first-order chi connectivity index (χ1) is 32.2. The minimum absolute atomic E-state index is 0.805. The van der Waals surface area contributed by atoms with Gasteiger partial charge in [0.25, 0.3) is 0 Å². The maximum Gasteiger partial charge on any atom is 0.179 e. The SMILES string of the molecule is c1ccc(-c2ccc3oc4cc5oc6ccc([Si](c7ccccc7)(c7ccccc7)c7ccc8oc9cc%10oc%11ccc(-c%12ccccc%12)cc%11c%10cc9c8c7)cc6c5cc4c3c2)cc1. The van der Waals surface area contributed by atoms with Crippen LogP contribution in [0.3, 0.4) is 0 Å². The molecule has 0 spiro atoms. The predicted octanol–water partition coefficient (Wildman–Crippen LogP) is 14.0. The standard InChI is InChI=1S/C60H36O4Si/c1-5-13-37(14-6-1)39-21-25-53-45(29-39)49-33-51-47-31-43(23-27-55(47)63-59(51)35-57(49)61-53)65(41-17-9-3-10-18-41,42-19-11-4-12-20-42)44-24-28-56-48(32-44)52-34-50-46-30-40(38-15-7-2-8-16-38)22-26-54(46)62-58(50)36-60(52)64-56/h1-36H. The Labute approximate surface area is 373 Å². The molecular weight excluding hydrogens is 813 g/mol. The molecule has 4 nitrogen and oxygen atoms in total. The Morgan fingerprint density at radius 2 is 0.508 bits per heavy atom. The summed E-state index contributed by atoms with van der Waals surface area (Å²) in [5.41, 5.74) is 11.3. The van der Waals surface area contributed by atoms with Crippen LogP contribution >= 0.6 is 0 Å². The number of benzene rings is 10. The van der Waals surface area contributed by atoms with Crippen molar-refractivity contribution in [3.05, 3.63) is 218 Å². The number of hydrogen-bond acceptors (Lipinski definition) is 4. The molecule has 10 aromatic carbocycles. The predicted molar refractivity (Wildman–Crippen MR) is 270 cm³/mol. The number of rotatable bonds is 6. The van der Waals surface area contributed by atoms with Gasteiger partial charge in [-0.15, -0.1) is 0 Å². The van der Waals surface area contributed by atoms with Gasteiger partial charge < -0.3 is 17.7 Å². The molecule has 0 saturated heterocycles. The van der Waals surface area contributed by atoms with Gasteiger partial charge in [-0.05, 0) is 91.5 Å². The van der Waals surface area contributed by atoms with Gasteiger partial charge in [-0.25, -0.2) is 0 Å². The molecule has 0 fully saturated rings. The molecule has 0 aliphatic rings. The second-order valence-electron chi connectivity index (χ2n) is 17.2. The van der Waals surface area contributed by atoms with Crippen molar-refractivity contribution in [2.24, 2.45) is 0 Å². The molecule has 0 radical (unpaired) electrons. The van der Waals surface area contributed by atoms with E-state index in [1.165, 1.54) is 31.9 Å². The number of hydrogen-bond donors (Lipinski definition) is 0. The normalized spacial score (nSPS) is 12.3. The zero-order valence-corrected chi connectivity index (χ0v) is 35.9. The quantitative estimate of drug-likeness (QED) is 0.124. The minimum atomic E-state index is -3.03. The van der Waals surface area contributed by atoms with Crippen LogP contribution in [0, 0.1) is 0 Å². The summed E-state index contributed by atoms with van der Waals surface area (Å²) in [7, 11) is -3.03. The van der Waals surface area contributed by atoms with Crippen molar-refractivity contribution in [3.8, 4) is 22.3 Å². The zero-order valence-electron chi connectivity index (χ0n) is 34.9. The monoisotopic (exact) mass is 848 g/mol. The second kappa shape index (κ2) is 13.8. The molecular formula is C60H36O4Si. The minimum Gasteiger partial charge on any atom is -0.456 e. The lowest BCUT2D eigenvalue weighted by Gasteiger charge is -2.34. The summed E-state index contributed by atoms with van der Waals surface area (Å²) in [5.74, 6) is 0. The third-order valence-electron chi connectivity index (χ3n) is 13.6. The van der Waals surface area contributed by atoms with Crippen LogP contribution in [-0.4, -0.2) is 8.07 Å². The fraction of sp³-hybridized carbons (Fsp3) is 0. The molecule has 4 heterocycles. The van der Waals surface area contributed by atoms with Crippen molar-refractivity contribution >= 4 is 117 Å². The summed E-state index contributed by atoms with van der Waals surface area (Å²) >= 11 is 0. The van der Waals surface area contributed by atoms with Crippen molar-refractivity contribution < 1.29 is 17.7 Å². The highest BCUT2D eigenvalue weighted by molar-refractivity contribution is 7.20. The van der Waals surface area contributed by atoms with Gasteiger partial charge in [0.15, 0.2) is 8.07 Å². The first-order valence-corrected chi connectivity index (χ1v) is 24.0. The number of furan rings is 4. The smallest absolute Gasteiger partial charge is 0.179 e. The van der Waals surface area contributed by atoms with E-state index >= 15 is 0 Å². The second-order valence-corrected chi connectivity index (χ2v) is 21.0. The Morgan fingerprint density at radius 1 is 0.200 bits per heavy atom. The fourth-order valence-electron chi connectivity index (χ4n) is 10.6. The Bertz CT molecular complexity index is 3890. The molecule has 5 heteroatoms. The van der Waals surface area contributed by atoms with E-state index in [0.717, 1.165) is 98.9 Å². The van der Waals surface area contributed by atoms with Gasteiger partial charge in [-0.1, -0.05) is 158 Å². The van der Waals surface area contributed by atoms with Crippen LogP contribution in [0.5, 0.6) is 0 Å². The van der Waals surface area contributed by atoms with Crippen LogP contribution < -0.4 is 20.7 Å². The van der Waals surface area contributed by atoms with Crippen LogP contribution in [0.15, 0.2) is 236 Å². The molecule has 14 aromatic rings. The van der Waals surface area contributed by atoms with Crippen molar-refractivity contribution in [1.82, 2.24) is 0 Å². The van der Waals surface area contributed by atoms with E-state index in [1.54, 1.807) is 0 Å². The Morgan fingerprint density at radius 3 is 0.877 bits per heavy atom. The highest BCUT2D eigenvalue weighted by Crippen LogP contribution is 2.40. The van der Waals surface area contributed by atoms with Crippen LogP contribution in [0.25, 0.3) is 110 Å². The Balaban J connectivity index is 1.00. The Hall–Kier alpha value is -8.38. The van der Waals surface area contributed by atoms with Crippen LogP contribution in [0.1, 0.15) is 0 Å². The van der Waals surface area contributed by atoms with Gasteiger partial charge in [0.2, 0.25) is 0 Å². The molecule has 0 atom stereocenters. The van der Waals surface area contributed by atoms with E-state index in [2.05, 4.69) is 218 Å². The summed E-state index contributed by atoms with van der Waals surface area (Å²) in [4.78, 5) is 0. The molecule has 4 aromatic heterocycles. The van der Waals surface area contributed by atoms with E-state index in [-0.39, 0.29) is 0 Å². The lowest BCUT2D eigenvalue weighted by Crippen LogP contribution is -2.74. The van der Waals surface area contributed by atoms with Gasteiger partial charge in [0, 0.05) is 55.2 Å². The van der Waals surface area contributed by atoms with Crippen molar-refractivity contribution in [1.29, 1.82) is 0 Å². The fourth-order valence-corrected chi connectivity index (χ4v) is 15.3. The lowest BCUT2D eigenvalue weighted by molar-refractivity contribution is 0.655. The van der Waals surface area contributed by atoms with E-state index < -0.39 is 8.07 Å². The van der Waals surface area contributed by atoms with Gasteiger partial charge in [0.05, 0.1) is 0 Å². The number of fused-ring (bicyclic) bond motifs is 12. The van der Waals surface area contributed by atoms with Crippen molar-refractivity contribution in [2.45, 2.75) is 0 Å². The highest BCUT2D eigenvalue weighted by Gasteiger charge is 2.42. The van der Waals surface area contributed by atoms with Crippen molar-refractivity contribution in [3.63, 3.8) is 0 Å². The van der Waals surface area contributed by atoms with Crippen LogP contribution in [-0.2, 0) is 0 Å².